The number of aliphatic hydroxyl groups is 1. The van der Waals surface area contributed by atoms with Crippen molar-refractivity contribution in [2.45, 2.75) is 45.8 Å². The molecule has 0 radical (unpaired) electrons. The van der Waals surface area contributed by atoms with Crippen LogP contribution in [0, 0.1) is 0 Å². The number of hydrogen-bond donors (Lipinski definition) is 3. The van der Waals surface area contributed by atoms with Gasteiger partial charge in [-0.3, -0.25) is 4.79 Å². The van der Waals surface area contributed by atoms with Crippen LogP contribution < -0.4 is 10.6 Å². The highest BCUT2D eigenvalue weighted by atomic mass is 16.3. The molecule has 3 N–H and O–H groups in total. The lowest BCUT2D eigenvalue weighted by Crippen LogP contribution is -2.44. The van der Waals surface area contributed by atoms with E-state index in [1.165, 1.54) is 0 Å². The fraction of sp³-hybridized carbons (Fsp3) is 0.900. The highest BCUT2D eigenvalue weighted by molar-refractivity contribution is 5.81. The lowest BCUT2D eigenvalue weighted by Gasteiger charge is -2.16. The quantitative estimate of drug-likeness (QED) is 0.555. The molecule has 2 unspecified atom stereocenters. The molecule has 0 saturated carbocycles. The zero-order chi connectivity index (χ0) is 11.0. The summed E-state index contributed by atoms with van der Waals surface area (Å²) < 4.78 is 0. The third-order valence-corrected chi connectivity index (χ3v) is 2.03. The van der Waals surface area contributed by atoms with Gasteiger partial charge in [0.25, 0.3) is 0 Å². The SMILES string of the molecule is CCCC(O)CNC(C)C(=O)NCC. The van der Waals surface area contributed by atoms with Crippen LogP contribution in [0.3, 0.4) is 0 Å². The Morgan fingerprint density at radius 1 is 1.43 bits per heavy atom. The van der Waals surface area contributed by atoms with Crippen molar-refractivity contribution < 1.29 is 9.90 Å². The smallest absolute Gasteiger partial charge is 0.236 e. The van der Waals surface area contributed by atoms with Gasteiger partial charge in [0.2, 0.25) is 5.91 Å². The highest BCUT2D eigenvalue weighted by Gasteiger charge is 2.12. The molecule has 1 amide bonds. The average Bonchev–Trinajstić information content (AvgIpc) is 2.15. The fourth-order valence-corrected chi connectivity index (χ4v) is 1.17. The van der Waals surface area contributed by atoms with E-state index in [0.717, 1.165) is 12.8 Å². The molecule has 0 aliphatic heterocycles. The van der Waals surface area contributed by atoms with Crippen LogP contribution in [0.5, 0.6) is 0 Å². The van der Waals surface area contributed by atoms with Gasteiger partial charge in [-0.25, -0.2) is 0 Å². The van der Waals surface area contributed by atoms with E-state index in [9.17, 15) is 9.90 Å². The molecule has 14 heavy (non-hydrogen) atoms. The summed E-state index contributed by atoms with van der Waals surface area (Å²) in [6, 6.07) is -0.235. The van der Waals surface area contributed by atoms with Gasteiger partial charge in [0, 0.05) is 13.1 Å². The molecule has 0 aromatic rings. The second kappa shape index (κ2) is 7.76. The Morgan fingerprint density at radius 3 is 2.57 bits per heavy atom. The molecular formula is C10H22N2O2. The summed E-state index contributed by atoms with van der Waals surface area (Å²) in [5.41, 5.74) is 0. The lowest BCUT2D eigenvalue weighted by molar-refractivity contribution is -0.122. The molecule has 0 heterocycles. The fourth-order valence-electron chi connectivity index (χ4n) is 1.17. The van der Waals surface area contributed by atoms with E-state index in [1.54, 1.807) is 6.92 Å². The van der Waals surface area contributed by atoms with Gasteiger partial charge in [-0.1, -0.05) is 13.3 Å². The predicted molar refractivity (Wildman–Crippen MR) is 57.1 cm³/mol. The van der Waals surface area contributed by atoms with Crippen molar-refractivity contribution in [1.29, 1.82) is 0 Å². The molecule has 2 atom stereocenters. The number of aliphatic hydroxyl groups excluding tert-OH is 1. The van der Waals surface area contributed by atoms with E-state index in [2.05, 4.69) is 10.6 Å². The molecule has 0 aromatic heterocycles. The van der Waals surface area contributed by atoms with Gasteiger partial charge in [0.15, 0.2) is 0 Å². The minimum atomic E-state index is -0.350. The van der Waals surface area contributed by atoms with Crippen LogP contribution in [0.15, 0.2) is 0 Å². The standard InChI is InChI=1S/C10H22N2O2/c1-4-6-9(13)7-12-8(3)10(14)11-5-2/h8-9,12-13H,4-7H2,1-3H3,(H,11,14). The van der Waals surface area contributed by atoms with E-state index in [4.69, 9.17) is 0 Å². The maximum atomic E-state index is 11.3. The zero-order valence-electron chi connectivity index (χ0n) is 9.34. The lowest BCUT2D eigenvalue weighted by atomic mass is 10.2. The topological polar surface area (TPSA) is 61.4 Å². The Hall–Kier alpha value is -0.610. The molecule has 4 heteroatoms. The summed E-state index contributed by atoms with van der Waals surface area (Å²) in [5, 5.41) is 15.1. The normalized spacial score (nSPS) is 14.9. The van der Waals surface area contributed by atoms with Crippen LogP contribution >= 0.6 is 0 Å². The number of hydrogen-bond acceptors (Lipinski definition) is 3. The second-order valence-corrected chi connectivity index (χ2v) is 3.47. The minimum Gasteiger partial charge on any atom is -0.392 e. The molecule has 0 aliphatic rings. The number of carbonyl (C=O) groups excluding carboxylic acids is 1. The molecule has 0 bridgehead atoms. The van der Waals surface area contributed by atoms with Crippen LogP contribution in [0.2, 0.25) is 0 Å². The first kappa shape index (κ1) is 13.4. The molecule has 0 aromatic carbocycles. The van der Waals surface area contributed by atoms with Crippen LogP contribution in [0.1, 0.15) is 33.6 Å². The van der Waals surface area contributed by atoms with E-state index in [0.29, 0.717) is 13.1 Å². The maximum Gasteiger partial charge on any atom is 0.236 e. The third-order valence-electron chi connectivity index (χ3n) is 2.03. The van der Waals surface area contributed by atoms with Crippen LogP contribution in [-0.2, 0) is 4.79 Å². The van der Waals surface area contributed by atoms with E-state index in [-0.39, 0.29) is 18.1 Å². The average molecular weight is 202 g/mol. The van der Waals surface area contributed by atoms with E-state index < -0.39 is 0 Å². The molecule has 0 spiro atoms. The van der Waals surface area contributed by atoms with Gasteiger partial charge in [0.05, 0.1) is 12.1 Å². The van der Waals surface area contributed by atoms with Gasteiger partial charge in [-0.15, -0.1) is 0 Å². The van der Waals surface area contributed by atoms with Gasteiger partial charge in [0.1, 0.15) is 0 Å². The minimum absolute atomic E-state index is 0.0174. The van der Waals surface area contributed by atoms with Crippen molar-refractivity contribution in [2.75, 3.05) is 13.1 Å². The molecule has 84 valence electrons. The first-order chi connectivity index (χ1) is 6.61. The van der Waals surface area contributed by atoms with E-state index >= 15 is 0 Å². The van der Waals surface area contributed by atoms with E-state index in [1.807, 2.05) is 13.8 Å². The third kappa shape index (κ3) is 5.94. The number of rotatable bonds is 7. The first-order valence-corrected chi connectivity index (χ1v) is 5.30. The van der Waals surface area contributed by atoms with Gasteiger partial charge in [-0.2, -0.15) is 0 Å². The molecule has 0 saturated heterocycles. The van der Waals surface area contributed by atoms with Gasteiger partial charge >= 0.3 is 0 Å². The van der Waals surface area contributed by atoms with Crippen LogP contribution in [-0.4, -0.2) is 36.2 Å². The Morgan fingerprint density at radius 2 is 2.07 bits per heavy atom. The summed E-state index contributed by atoms with van der Waals surface area (Å²) >= 11 is 0. The number of amides is 1. The Bertz CT molecular complexity index is 162. The zero-order valence-corrected chi connectivity index (χ0v) is 9.34. The van der Waals surface area contributed by atoms with Crippen molar-refractivity contribution in [3.05, 3.63) is 0 Å². The summed E-state index contributed by atoms with van der Waals surface area (Å²) in [7, 11) is 0. The van der Waals surface area contributed by atoms with Crippen LogP contribution in [0.4, 0.5) is 0 Å². The summed E-state index contributed by atoms with van der Waals surface area (Å²) in [4.78, 5) is 11.3. The number of nitrogens with one attached hydrogen (secondary N) is 2. The molecule has 0 aliphatic carbocycles. The van der Waals surface area contributed by atoms with Gasteiger partial charge < -0.3 is 15.7 Å². The molecule has 4 nitrogen and oxygen atoms in total. The first-order valence-electron chi connectivity index (χ1n) is 5.30. The highest BCUT2D eigenvalue weighted by Crippen LogP contribution is 1.94. The molecular weight excluding hydrogens is 180 g/mol. The predicted octanol–water partition coefficient (Wildman–Crippen LogP) is 0.262. The number of likely N-dealkylation sites (N-methyl/N-ethyl adjacent to an activating group) is 1. The second-order valence-electron chi connectivity index (χ2n) is 3.47. The van der Waals surface area contributed by atoms with Crippen molar-refractivity contribution in [2.24, 2.45) is 0 Å². The number of carbonyl (C=O) groups is 1. The monoisotopic (exact) mass is 202 g/mol. The summed E-state index contributed by atoms with van der Waals surface area (Å²) in [6.45, 7) is 6.82. The molecule has 0 rings (SSSR count). The Balaban J connectivity index is 3.61. The van der Waals surface area contributed by atoms with Gasteiger partial charge in [-0.05, 0) is 20.3 Å². The van der Waals surface area contributed by atoms with Crippen molar-refractivity contribution in [1.82, 2.24) is 10.6 Å². The van der Waals surface area contributed by atoms with Crippen LogP contribution in [0.25, 0.3) is 0 Å². The largest absolute Gasteiger partial charge is 0.392 e. The molecule has 0 fully saturated rings. The van der Waals surface area contributed by atoms with Crippen molar-refractivity contribution in [3.63, 3.8) is 0 Å². The summed E-state index contributed by atoms with van der Waals surface area (Å²) in [5.74, 6) is -0.0174. The summed E-state index contributed by atoms with van der Waals surface area (Å²) in [6.07, 6.45) is 1.38. The Labute approximate surface area is 86.1 Å². The Kier molecular flexibility index (Phi) is 7.42. The maximum absolute atomic E-state index is 11.3. The van der Waals surface area contributed by atoms with Crippen molar-refractivity contribution >= 4 is 5.91 Å². The van der Waals surface area contributed by atoms with Crippen molar-refractivity contribution in [3.8, 4) is 0 Å².